The van der Waals surface area contributed by atoms with Gasteiger partial charge in [0, 0.05) is 31.0 Å². The number of hydrogen-bond donors (Lipinski definition) is 1. The lowest BCUT2D eigenvalue weighted by Crippen LogP contribution is -2.14. The Hall–Kier alpha value is -1.35. The summed E-state index contributed by atoms with van der Waals surface area (Å²) in [6, 6.07) is 2.31. The van der Waals surface area contributed by atoms with Crippen molar-refractivity contribution >= 4 is 11.0 Å². The lowest BCUT2D eigenvalue weighted by molar-refractivity contribution is 0.0856. The van der Waals surface area contributed by atoms with Crippen LogP contribution in [0.15, 0.2) is 18.5 Å². The molecule has 19 heavy (non-hydrogen) atoms. The van der Waals surface area contributed by atoms with E-state index in [1.54, 1.807) is 0 Å². The Morgan fingerprint density at radius 2 is 2.00 bits per heavy atom. The van der Waals surface area contributed by atoms with E-state index < -0.39 is 0 Å². The van der Waals surface area contributed by atoms with E-state index in [1.807, 2.05) is 6.20 Å². The molecule has 1 N–H and O–H groups in total. The minimum atomic E-state index is 0.144. The van der Waals surface area contributed by atoms with Gasteiger partial charge in [-0.25, -0.2) is 4.98 Å². The molecule has 0 unspecified atom stereocenters. The van der Waals surface area contributed by atoms with Gasteiger partial charge in [-0.3, -0.25) is 0 Å². The highest BCUT2D eigenvalue weighted by atomic mass is 16.5. The molecule has 2 aromatic rings. The molecule has 0 radical (unpaired) electrons. The Balaban J connectivity index is 2.05. The van der Waals surface area contributed by atoms with Crippen molar-refractivity contribution in [2.24, 2.45) is 0 Å². The highest BCUT2D eigenvalue weighted by Crippen LogP contribution is 2.33. The number of H-pyrrole nitrogens is 1. The van der Waals surface area contributed by atoms with Gasteiger partial charge in [-0.15, -0.1) is 0 Å². The Morgan fingerprint density at radius 3 is 2.68 bits per heavy atom. The standard InChI is InChI=1S/C16H22N2O/c1-16(2,3)12-8-13-14(10-18-15(13)17-9-12)11-4-6-19-7-5-11/h8-11H,4-7H2,1-3H3,(H,17,18). The summed E-state index contributed by atoms with van der Waals surface area (Å²) in [5.74, 6) is 0.611. The molecule has 0 aliphatic carbocycles. The zero-order valence-corrected chi connectivity index (χ0v) is 12.0. The number of aromatic amines is 1. The van der Waals surface area contributed by atoms with E-state index in [2.05, 4.69) is 43.0 Å². The zero-order valence-electron chi connectivity index (χ0n) is 12.0. The summed E-state index contributed by atoms with van der Waals surface area (Å²) < 4.78 is 5.46. The van der Waals surface area contributed by atoms with Gasteiger partial charge in [0.05, 0.1) is 0 Å². The molecule has 0 spiro atoms. The van der Waals surface area contributed by atoms with Crippen LogP contribution < -0.4 is 0 Å². The Labute approximate surface area is 114 Å². The number of ether oxygens (including phenoxy) is 1. The van der Waals surface area contributed by atoms with E-state index in [-0.39, 0.29) is 5.41 Å². The van der Waals surface area contributed by atoms with E-state index in [1.165, 1.54) is 16.5 Å². The second-order valence-electron chi connectivity index (χ2n) is 6.50. The molecule has 1 saturated heterocycles. The average molecular weight is 258 g/mol. The quantitative estimate of drug-likeness (QED) is 0.845. The number of pyridine rings is 1. The molecule has 3 rings (SSSR count). The van der Waals surface area contributed by atoms with Gasteiger partial charge in [-0.2, -0.15) is 0 Å². The second-order valence-corrected chi connectivity index (χ2v) is 6.50. The number of aromatic nitrogens is 2. The highest BCUT2D eigenvalue weighted by Gasteiger charge is 2.21. The second kappa shape index (κ2) is 4.64. The van der Waals surface area contributed by atoms with Crippen LogP contribution in [0.25, 0.3) is 11.0 Å². The number of fused-ring (bicyclic) bond motifs is 1. The van der Waals surface area contributed by atoms with Crippen LogP contribution in [0.4, 0.5) is 0 Å². The third-order valence-electron chi connectivity index (χ3n) is 4.09. The van der Waals surface area contributed by atoms with Crippen LogP contribution in [0, 0.1) is 0 Å². The summed E-state index contributed by atoms with van der Waals surface area (Å²) in [5.41, 5.74) is 3.87. The maximum Gasteiger partial charge on any atom is 0.137 e. The molecule has 3 nitrogen and oxygen atoms in total. The Bertz CT molecular complexity index is 574. The van der Waals surface area contributed by atoms with Crippen molar-refractivity contribution in [3.05, 3.63) is 29.6 Å². The monoisotopic (exact) mass is 258 g/mol. The van der Waals surface area contributed by atoms with Gasteiger partial charge >= 0.3 is 0 Å². The first-order valence-electron chi connectivity index (χ1n) is 7.11. The van der Waals surface area contributed by atoms with Gasteiger partial charge in [-0.1, -0.05) is 20.8 Å². The first-order valence-corrected chi connectivity index (χ1v) is 7.11. The van der Waals surface area contributed by atoms with Crippen molar-refractivity contribution in [3.8, 4) is 0 Å². The number of nitrogens with zero attached hydrogens (tertiary/aromatic N) is 1. The van der Waals surface area contributed by atoms with E-state index in [0.717, 1.165) is 31.7 Å². The molecule has 2 aromatic heterocycles. The molecule has 1 fully saturated rings. The summed E-state index contributed by atoms with van der Waals surface area (Å²) in [7, 11) is 0. The van der Waals surface area contributed by atoms with Crippen molar-refractivity contribution in [1.29, 1.82) is 0 Å². The van der Waals surface area contributed by atoms with Gasteiger partial charge in [0.2, 0.25) is 0 Å². The van der Waals surface area contributed by atoms with Gasteiger partial charge < -0.3 is 9.72 Å². The molecule has 1 aliphatic heterocycles. The molecule has 3 heteroatoms. The van der Waals surface area contributed by atoms with E-state index in [4.69, 9.17) is 4.74 Å². The van der Waals surface area contributed by atoms with Crippen molar-refractivity contribution in [2.45, 2.75) is 44.9 Å². The number of hydrogen-bond acceptors (Lipinski definition) is 2. The summed E-state index contributed by atoms with van der Waals surface area (Å²) in [5, 5.41) is 1.29. The summed E-state index contributed by atoms with van der Waals surface area (Å²) >= 11 is 0. The van der Waals surface area contributed by atoms with Crippen LogP contribution in [-0.4, -0.2) is 23.2 Å². The molecular formula is C16H22N2O. The Kier molecular flexibility index (Phi) is 3.09. The molecule has 0 atom stereocenters. The third kappa shape index (κ3) is 2.39. The summed E-state index contributed by atoms with van der Waals surface area (Å²) in [4.78, 5) is 7.89. The normalized spacial score (nSPS) is 18.1. The fourth-order valence-electron chi connectivity index (χ4n) is 2.78. The SMILES string of the molecule is CC(C)(C)c1cnc2[nH]cc(C3CCOCC3)c2c1. The Morgan fingerprint density at radius 1 is 1.26 bits per heavy atom. The van der Waals surface area contributed by atoms with Crippen LogP contribution in [0.3, 0.4) is 0 Å². The van der Waals surface area contributed by atoms with Crippen LogP contribution in [0.5, 0.6) is 0 Å². The topological polar surface area (TPSA) is 37.9 Å². The molecule has 102 valence electrons. The van der Waals surface area contributed by atoms with Crippen LogP contribution >= 0.6 is 0 Å². The largest absolute Gasteiger partial charge is 0.381 e. The fraction of sp³-hybridized carbons (Fsp3) is 0.562. The molecule has 0 aromatic carbocycles. The highest BCUT2D eigenvalue weighted by molar-refractivity contribution is 5.81. The number of rotatable bonds is 1. The maximum absolute atomic E-state index is 5.46. The third-order valence-corrected chi connectivity index (χ3v) is 4.09. The lowest BCUT2D eigenvalue weighted by atomic mass is 9.86. The minimum absolute atomic E-state index is 0.144. The molecular weight excluding hydrogens is 236 g/mol. The van der Waals surface area contributed by atoms with Crippen molar-refractivity contribution < 1.29 is 4.74 Å². The predicted octanol–water partition coefficient (Wildman–Crippen LogP) is 3.75. The average Bonchev–Trinajstić information content (AvgIpc) is 2.81. The number of nitrogens with one attached hydrogen (secondary N) is 1. The first-order chi connectivity index (χ1) is 9.05. The van der Waals surface area contributed by atoms with Crippen molar-refractivity contribution in [1.82, 2.24) is 9.97 Å². The van der Waals surface area contributed by atoms with E-state index in [0.29, 0.717) is 5.92 Å². The van der Waals surface area contributed by atoms with Crippen molar-refractivity contribution in [3.63, 3.8) is 0 Å². The summed E-state index contributed by atoms with van der Waals surface area (Å²) in [6.07, 6.45) is 6.37. The zero-order chi connectivity index (χ0) is 13.5. The van der Waals surface area contributed by atoms with Gasteiger partial charge in [0.25, 0.3) is 0 Å². The molecule has 3 heterocycles. The van der Waals surface area contributed by atoms with Crippen LogP contribution in [0.2, 0.25) is 0 Å². The lowest BCUT2D eigenvalue weighted by Gasteiger charge is -2.22. The predicted molar refractivity (Wildman–Crippen MR) is 77.6 cm³/mol. The molecule has 0 saturated carbocycles. The van der Waals surface area contributed by atoms with Crippen LogP contribution in [-0.2, 0) is 10.2 Å². The fourth-order valence-corrected chi connectivity index (χ4v) is 2.78. The molecule has 1 aliphatic rings. The van der Waals surface area contributed by atoms with E-state index in [9.17, 15) is 0 Å². The molecule has 0 amide bonds. The van der Waals surface area contributed by atoms with Crippen molar-refractivity contribution in [2.75, 3.05) is 13.2 Å². The van der Waals surface area contributed by atoms with Gasteiger partial charge in [0.1, 0.15) is 5.65 Å². The van der Waals surface area contributed by atoms with Crippen LogP contribution in [0.1, 0.15) is 50.7 Å². The minimum Gasteiger partial charge on any atom is -0.381 e. The first kappa shape index (κ1) is 12.7. The summed E-state index contributed by atoms with van der Waals surface area (Å²) in [6.45, 7) is 8.46. The van der Waals surface area contributed by atoms with Gasteiger partial charge in [-0.05, 0) is 41.4 Å². The molecule has 0 bridgehead atoms. The van der Waals surface area contributed by atoms with E-state index >= 15 is 0 Å². The smallest absolute Gasteiger partial charge is 0.137 e. The maximum atomic E-state index is 5.46. The van der Waals surface area contributed by atoms with Gasteiger partial charge in [0.15, 0.2) is 0 Å².